The van der Waals surface area contributed by atoms with Crippen molar-refractivity contribution in [2.24, 2.45) is 5.41 Å². The number of aromatic nitrogens is 1. The first-order valence-corrected chi connectivity index (χ1v) is 4.89. The molecule has 4 heteroatoms. The second-order valence-corrected chi connectivity index (χ2v) is 4.67. The predicted octanol–water partition coefficient (Wildman–Crippen LogP) is 1.70. The summed E-state index contributed by atoms with van der Waals surface area (Å²) in [6.07, 6.45) is 1.34. The summed E-state index contributed by atoms with van der Waals surface area (Å²) in [5.74, 6) is -0.952. The van der Waals surface area contributed by atoms with Crippen LogP contribution in [0.2, 0.25) is 0 Å². The third-order valence-corrected chi connectivity index (χ3v) is 2.51. The molecule has 1 aliphatic heterocycles. The van der Waals surface area contributed by atoms with Gasteiger partial charge >= 0.3 is 0 Å². The first-order valence-electron chi connectivity index (χ1n) is 4.89. The van der Waals surface area contributed by atoms with Crippen LogP contribution in [0.1, 0.15) is 24.2 Å². The van der Waals surface area contributed by atoms with Crippen molar-refractivity contribution < 1.29 is 9.18 Å². The number of carbonyl (C=O) groups is 1. The minimum Gasteiger partial charge on any atom is -0.337 e. The van der Waals surface area contributed by atoms with E-state index in [9.17, 15) is 9.18 Å². The highest BCUT2D eigenvalue weighted by atomic mass is 19.1. The third kappa shape index (κ3) is 1.84. The van der Waals surface area contributed by atoms with E-state index in [1.807, 2.05) is 0 Å². The molecule has 0 spiro atoms. The highest BCUT2D eigenvalue weighted by Crippen LogP contribution is 2.29. The lowest BCUT2D eigenvalue weighted by atomic mass is 9.84. The SMILES string of the molecule is CC1(C)CN(C(=O)c2cccnc2F)C1. The standard InChI is InChI=1S/C11H13FN2O/c1-11(2)6-14(7-11)10(15)8-4-3-5-13-9(8)12/h3-5H,6-7H2,1-2H3. The molecule has 2 heterocycles. The van der Waals surface area contributed by atoms with Crippen molar-refractivity contribution in [3.8, 4) is 0 Å². The first-order chi connectivity index (χ1) is 6.99. The second kappa shape index (κ2) is 3.29. The lowest BCUT2D eigenvalue weighted by Crippen LogP contribution is -2.55. The molecule has 0 radical (unpaired) electrons. The van der Waals surface area contributed by atoms with E-state index in [2.05, 4.69) is 18.8 Å². The van der Waals surface area contributed by atoms with Crippen LogP contribution in [0.15, 0.2) is 18.3 Å². The highest BCUT2D eigenvalue weighted by Gasteiger charge is 2.38. The summed E-state index contributed by atoms with van der Waals surface area (Å²) >= 11 is 0. The van der Waals surface area contributed by atoms with Gasteiger partial charge in [0.15, 0.2) is 0 Å². The number of hydrogen-bond donors (Lipinski definition) is 0. The van der Waals surface area contributed by atoms with Crippen molar-refractivity contribution in [3.05, 3.63) is 29.8 Å². The molecule has 1 aromatic rings. The molecule has 1 aromatic heterocycles. The smallest absolute Gasteiger partial charge is 0.258 e. The molecule has 0 N–H and O–H groups in total. The van der Waals surface area contributed by atoms with Crippen LogP contribution in [-0.4, -0.2) is 28.9 Å². The van der Waals surface area contributed by atoms with Crippen LogP contribution < -0.4 is 0 Å². The van der Waals surface area contributed by atoms with Crippen molar-refractivity contribution in [1.82, 2.24) is 9.88 Å². The molecule has 0 bridgehead atoms. The van der Waals surface area contributed by atoms with Gasteiger partial charge in [-0.3, -0.25) is 4.79 Å². The van der Waals surface area contributed by atoms with Gasteiger partial charge in [0.1, 0.15) is 0 Å². The number of amides is 1. The predicted molar refractivity (Wildman–Crippen MR) is 53.9 cm³/mol. The van der Waals surface area contributed by atoms with E-state index in [1.165, 1.54) is 12.3 Å². The average molecular weight is 208 g/mol. The van der Waals surface area contributed by atoms with E-state index >= 15 is 0 Å². The maximum absolute atomic E-state index is 13.2. The Morgan fingerprint density at radius 2 is 2.20 bits per heavy atom. The quantitative estimate of drug-likeness (QED) is 0.658. The molecule has 0 saturated carbocycles. The third-order valence-electron chi connectivity index (χ3n) is 2.51. The van der Waals surface area contributed by atoms with Gasteiger partial charge in [0, 0.05) is 19.3 Å². The van der Waals surface area contributed by atoms with Gasteiger partial charge in [-0.2, -0.15) is 4.39 Å². The Hall–Kier alpha value is -1.45. The Labute approximate surface area is 87.9 Å². The second-order valence-electron chi connectivity index (χ2n) is 4.67. The molecule has 1 saturated heterocycles. The zero-order chi connectivity index (χ0) is 11.1. The Morgan fingerprint density at radius 3 is 2.73 bits per heavy atom. The molecular formula is C11H13FN2O. The van der Waals surface area contributed by atoms with Gasteiger partial charge in [-0.15, -0.1) is 0 Å². The Bertz CT molecular complexity index is 395. The molecule has 0 aromatic carbocycles. The Morgan fingerprint density at radius 1 is 1.53 bits per heavy atom. The van der Waals surface area contributed by atoms with Crippen LogP contribution >= 0.6 is 0 Å². The van der Waals surface area contributed by atoms with Crippen LogP contribution in [0.4, 0.5) is 4.39 Å². The molecule has 1 fully saturated rings. The molecule has 0 atom stereocenters. The van der Waals surface area contributed by atoms with E-state index in [0.29, 0.717) is 13.1 Å². The summed E-state index contributed by atoms with van der Waals surface area (Å²) in [5.41, 5.74) is 0.224. The number of halogens is 1. The van der Waals surface area contributed by atoms with E-state index in [4.69, 9.17) is 0 Å². The van der Waals surface area contributed by atoms with Gasteiger partial charge in [0.05, 0.1) is 5.56 Å². The molecule has 15 heavy (non-hydrogen) atoms. The lowest BCUT2D eigenvalue weighted by Gasteiger charge is -2.45. The summed E-state index contributed by atoms with van der Waals surface area (Å²) in [6, 6.07) is 3.04. The molecule has 1 amide bonds. The maximum atomic E-state index is 13.2. The van der Waals surface area contributed by atoms with E-state index < -0.39 is 5.95 Å². The molecule has 0 aliphatic carbocycles. The molecule has 2 rings (SSSR count). The number of nitrogens with zero attached hydrogens (tertiary/aromatic N) is 2. The number of carbonyl (C=O) groups excluding carboxylic acids is 1. The van der Waals surface area contributed by atoms with Gasteiger partial charge in [0.2, 0.25) is 5.95 Å². The first kappa shape index (κ1) is 10.1. The highest BCUT2D eigenvalue weighted by molar-refractivity contribution is 5.94. The minimum atomic E-state index is -0.688. The summed E-state index contributed by atoms with van der Waals surface area (Å²) in [4.78, 5) is 16.9. The fourth-order valence-corrected chi connectivity index (χ4v) is 1.85. The molecule has 1 aliphatic rings. The molecule has 0 unspecified atom stereocenters. The largest absolute Gasteiger partial charge is 0.337 e. The van der Waals surface area contributed by atoms with Crippen LogP contribution in [0.3, 0.4) is 0 Å². The molecule has 80 valence electrons. The lowest BCUT2D eigenvalue weighted by molar-refractivity contribution is 0.0231. The van der Waals surface area contributed by atoms with Crippen LogP contribution in [0.5, 0.6) is 0 Å². The van der Waals surface area contributed by atoms with Gasteiger partial charge in [-0.05, 0) is 17.5 Å². The monoisotopic (exact) mass is 208 g/mol. The van der Waals surface area contributed by atoms with E-state index in [-0.39, 0.29) is 16.9 Å². The van der Waals surface area contributed by atoms with Gasteiger partial charge < -0.3 is 4.90 Å². The average Bonchev–Trinajstić information content (AvgIpc) is 2.14. The number of likely N-dealkylation sites (tertiary alicyclic amines) is 1. The fraction of sp³-hybridized carbons (Fsp3) is 0.455. The number of pyridine rings is 1. The molecular weight excluding hydrogens is 195 g/mol. The van der Waals surface area contributed by atoms with Gasteiger partial charge in [0.25, 0.3) is 5.91 Å². The number of hydrogen-bond acceptors (Lipinski definition) is 2. The van der Waals surface area contributed by atoms with Crippen molar-refractivity contribution in [3.63, 3.8) is 0 Å². The van der Waals surface area contributed by atoms with Crippen molar-refractivity contribution in [2.75, 3.05) is 13.1 Å². The van der Waals surface area contributed by atoms with Crippen molar-refractivity contribution in [1.29, 1.82) is 0 Å². The zero-order valence-corrected chi connectivity index (χ0v) is 8.83. The van der Waals surface area contributed by atoms with Crippen molar-refractivity contribution >= 4 is 5.91 Å². The normalized spacial score (nSPS) is 18.5. The fourth-order valence-electron chi connectivity index (χ4n) is 1.85. The maximum Gasteiger partial charge on any atom is 0.258 e. The van der Waals surface area contributed by atoms with E-state index in [0.717, 1.165) is 0 Å². The van der Waals surface area contributed by atoms with Crippen LogP contribution in [0, 0.1) is 11.4 Å². The summed E-state index contributed by atoms with van der Waals surface area (Å²) < 4.78 is 13.2. The summed E-state index contributed by atoms with van der Waals surface area (Å²) in [5, 5.41) is 0. The van der Waals surface area contributed by atoms with Crippen LogP contribution in [0.25, 0.3) is 0 Å². The Kier molecular flexibility index (Phi) is 2.21. The molecule has 3 nitrogen and oxygen atoms in total. The topological polar surface area (TPSA) is 33.2 Å². The van der Waals surface area contributed by atoms with E-state index in [1.54, 1.807) is 11.0 Å². The van der Waals surface area contributed by atoms with Gasteiger partial charge in [-0.25, -0.2) is 4.98 Å². The Balaban J connectivity index is 2.14. The van der Waals surface area contributed by atoms with Crippen molar-refractivity contribution in [2.45, 2.75) is 13.8 Å². The van der Waals surface area contributed by atoms with Gasteiger partial charge in [-0.1, -0.05) is 13.8 Å². The number of rotatable bonds is 1. The summed E-state index contributed by atoms with van der Waals surface area (Å²) in [7, 11) is 0. The summed E-state index contributed by atoms with van der Waals surface area (Å²) in [6.45, 7) is 5.52. The van der Waals surface area contributed by atoms with Crippen LogP contribution in [-0.2, 0) is 0 Å². The zero-order valence-electron chi connectivity index (χ0n) is 8.83. The minimum absolute atomic E-state index is 0.0630.